The van der Waals surface area contributed by atoms with E-state index >= 15 is 0 Å². The minimum atomic E-state index is -3.45. The minimum Gasteiger partial charge on any atom is -0.494 e. The van der Waals surface area contributed by atoms with Crippen molar-refractivity contribution < 1.29 is 17.9 Å². The predicted octanol–water partition coefficient (Wildman–Crippen LogP) is 3.86. The van der Waals surface area contributed by atoms with Gasteiger partial charge in [-0.3, -0.25) is 4.79 Å². The zero-order valence-electron chi connectivity index (χ0n) is 16.0. The molecule has 0 heterocycles. The molecular weight excluding hydrogens is 386 g/mol. The van der Waals surface area contributed by atoms with Crippen molar-refractivity contribution in [2.75, 3.05) is 13.2 Å². The Bertz CT molecular complexity index is 1030. The maximum Gasteiger partial charge on any atom is 0.251 e. The van der Waals surface area contributed by atoms with Gasteiger partial charge >= 0.3 is 0 Å². The van der Waals surface area contributed by atoms with Gasteiger partial charge < -0.3 is 10.1 Å². The molecule has 0 unspecified atom stereocenters. The van der Waals surface area contributed by atoms with E-state index in [0.29, 0.717) is 30.7 Å². The second-order valence-corrected chi connectivity index (χ2v) is 8.53. The van der Waals surface area contributed by atoms with Crippen LogP contribution in [0.15, 0.2) is 89.8 Å². The highest BCUT2D eigenvalue weighted by molar-refractivity contribution is 7.90. The number of nitrogens with one attached hydrogen (secondary N) is 1. The summed E-state index contributed by atoms with van der Waals surface area (Å²) in [6.07, 6.45) is 0.669. The Kier molecular flexibility index (Phi) is 7.03. The van der Waals surface area contributed by atoms with Gasteiger partial charge in [0.15, 0.2) is 9.84 Å². The zero-order chi connectivity index (χ0) is 20.5. The summed E-state index contributed by atoms with van der Waals surface area (Å²) in [7, 11) is -3.45. The highest BCUT2D eigenvalue weighted by atomic mass is 32.2. The van der Waals surface area contributed by atoms with Gasteiger partial charge in [0.2, 0.25) is 0 Å². The number of para-hydroxylation sites is 1. The van der Waals surface area contributed by atoms with Crippen LogP contribution in [-0.4, -0.2) is 27.5 Å². The van der Waals surface area contributed by atoms with Crippen LogP contribution in [-0.2, 0) is 15.6 Å². The van der Waals surface area contributed by atoms with Crippen molar-refractivity contribution in [3.63, 3.8) is 0 Å². The minimum absolute atomic E-state index is 0.150. The first-order valence-electron chi connectivity index (χ1n) is 9.37. The molecule has 3 aromatic carbocycles. The molecule has 1 amide bonds. The number of carbonyl (C=O) groups is 1. The molecule has 0 radical (unpaired) electrons. The van der Waals surface area contributed by atoms with Gasteiger partial charge in [0.25, 0.3) is 5.91 Å². The molecule has 3 aromatic rings. The van der Waals surface area contributed by atoms with Crippen molar-refractivity contribution in [3.8, 4) is 5.75 Å². The number of benzene rings is 3. The van der Waals surface area contributed by atoms with Crippen molar-refractivity contribution in [2.45, 2.75) is 17.1 Å². The number of hydrogen-bond acceptors (Lipinski definition) is 4. The van der Waals surface area contributed by atoms with E-state index in [1.807, 2.05) is 30.3 Å². The molecule has 0 aliphatic heterocycles. The van der Waals surface area contributed by atoms with Gasteiger partial charge in [0.05, 0.1) is 17.3 Å². The monoisotopic (exact) mass is 409 g/mol. The van der Waals surface area contributed by atoms with E-state index in [2.05, 4.69) is 5.32 Å². The lowest BCUT2D eigenvalue weighted by atomic mass is 10.1. The predicted molar refractivity (Wildman–Crippen MR) is 113 cm³/mol. The first kappa shape index (κ1) is 20.6. The maximum atomic E-state index is 12.5. The first-order valence-corrected chi connectivity index (χ1v) is 11.0. The van der Waals surface area contributed by atoms with Crippen LogP contribution in [0.4, 0.5) is 0 Å². The Morgan fingerprint density at radius 1 is 0.862 bits per heavy atom. The van der Waals surface area contributed by atoms with E-state index in [1.54, 1.807) is 54.6 Å². The Labute approximate surface area is 171 Å². The second-order valence-electron chi connectivity index (χ2n) is 6.54. The molecule has 0 aromatic heterocycles. The van der Waals surface area contributed by atoms with Gasteiger partial charge in [0.1, 0.15) is 5.75 Å². The lowest BCUT2D eigenvalue weighted by Gasteiger charge is -2.09. The number of hydrogen-bond donors (Lipinski definition) is 1. The van der Waals surface area contributed by atoms with Crippen molar-refractivity contribution >= 4 is 15.7 Å². The van der Waals surface area contributed by atoms with Crippen molar-refractivity contribution in [3.05, 3.63) is 96.1 Å². The van der Waals surface area contributed by atoms with E-state index in [4.69, 9.17) is 4.74 Å². The second kappa shape index (κ2) is 9.89. The Hall–Kier alpha value is -3.12. The Balaban J connectivity index is 1.51. The molecule has 0 saturated heterocycles. The van der Waals surface area contributed by atoms with Crippen LogP contribution in [0.2, 0.25) is 0 Å². The fourth-order valence-corrected chi connectivity index (χ4v) is 4.17. The van der Waals surface area contributed by atoms with Crippen LogP contribution in [0.3, 0.4) is 0 Å². The van der Waals surface area contributed by atoms with Crippen molar-refractivity contribution in [1.82, 2.24) is 5.32 Å². The number of rotatable bonds is 9. The highest BCUT2D eigenvalue weighted by Crippen LogP contribution is 2.17. The maximum absolute atomic E-state index is 12.5. The molecule has 6 heteroatoms. The molecular formula is C23H23NO4S. The third kappa shape index (κ3) is 6.19. The fraction of sp³-hybridized carbons (Fsp3) is 0.174. The van der Waals surface area contributed by atoms with Crippen LogP contribution < -0.4 is 10.1 Å². The molecule has 0 spiro atoms. The summed E-state index contributed by atoms with van der Waals surface area (Å²) < 4.78 is 30.6. The normalized spacial score (nSPS) is 11.0. The SMILES string of the molecule is O=C(NCCCOc1ccccc1)c1cccc(CS(=O)(=O)c2ccccc2)c1. The van der Waals surface area contributed by atoms with E-state index < -0.39 is 9.84 Å². The molecule has 0 aliphatic carbocycles. The van der Waals surface area contributed by atoms with Gasteiger partial charge in [-0.2, -0.15) is 0 Å². The average molecular weight is 410 g/mol. The molecule has 0 bridgehead atoms. The summed E-state index contributed by atoms with van der Waals surface area (Å²) >= 11 is 0. The van der Waals surface area contributed by atoms with Gasteiger partial charge in [0, 0.05) is 12.1 Å². The Morgan fingerprint density at radius 2 is 1.55 bits per heavy atom. The number of carbonyl (C=O) groups excluding carboxylic acids is 1. The smallest absolute Gasteiger partial charge is 0.251 e. The quantitative estimate of drug-likeness (QED) is 0.545. The van der Waals surface area contributed by atoms with E-state index in [0.717, 1.165) is 5.75 Å². The molecule has 0 fully saturated rings. The summed E-state index contributed by atoms with van der Waals surface area (Å²) in [5, 5.41) is 2.84. The van der Waals surface area contributed by atoms with Crippen LogP contribution in [0.25, 0.3) is 0 Å². The first-order chi connectivity index (χ1) is 14.0. The third-order valence-electron chi connectivity index (χ3n) is 4.27. The molecule has 0 saturated carbocycles. The molecule has 150 valence electrons. The topological polar surface area (TPSA) is 72.5 Å². The number of amides is 1. The standard InChI is InChI=1S/C23H23NO4S/c25-23(24-15-8-16-28-21-11-3-1-4-12-21)20-10-7-9-19(17-20)18-29(26,27)22-13-5-2-6-14-22/h1-7,9-14,17H,8,15-16,18H2,(H,24,25). The zero-order valence-corrected chi connectivity index (χ0v) is 16.8. The van der Waals surface area contributed by atoms with Gasteiger partial charge in [-0.15, -0.1) is 0 Å². The van der Waals surface area contributed by atoms with Gasteiger partial charge in [-0.05, 0) is 48.4 Å². The Morgan fingerprint density at radius 3 is 2.28 bits per heavy atom. The summed E-state index contributed by atoms with van der Waals surface area (Å²) in [5.74, 6) is 0.415. The van der Waals surface area contributed by atoms with Gasteiger partial charge in [-0.1, -0.05) is 48.5 Å². The largest absolute Gasteiger partial charge is 0.494 e. The van der Waals surface area contributed by atoms with Crippen molar-refractivity contribution in [2.24, 2.45) is 0 Å². The average Bonchev–Trinajstić information content (AvgIpc) is 2.74. The van der Waals surface area contributed by atoms with Crippen LogP contribution in [0.5, 0.6) is 5.75 Å². The molecule has 3 rings (SSSR count). The third-order valence-corrected chi connectivity index (χ3v) is 5.97. The summed E-state index contributed by atoms with van der Waals surface area (Å²) in [5.41, 5.74) is 1.02. The van der Waals surface area contributed by atoms with Crippen LogP contribution in [0, 0.1) is 0 Å². The lowest BCUT2D eigenvalue weighted by Crippen LogP contribution is -2.25. The number of ether oxygens (including phenoxy) is 1. The van der Waals surface area contributed by atoms with E-state index in [9.17, 15) is 13.2 Å². The highest BCUT2D eigenvalue weighted by Gasteiger charge is 2.16. The molecule has 5 nitrogen and oxygen atoms in total. The lowest BCUT2D eigenvalue weighted by molar-refractivity contribution is 0.0951. The molecule has 1 N–H and O–H groups in total. The summed E-state index contributed by atoms with van der Waals surface area (Å²) in [6, 6.07) is 24.5. The molecule has 0 aliphatic rings. The van der Waals surface area contributed by atoms with Crippen molar-refractivity contribution in [1.29, 1.82) is 0 Å². The molecule has 0 atom stereocenters. The number of sulfone groups is 1. The van der Waals surface area contributed by atoms with Crippen LogP contribution >= 0.6 is 0 Å². The summed E-state index contributed by atoms with van der Waals surface area (Å²) in [6.45, 7) is 0.970. The fourth-order valence-electron chi connectivity index (χ4n) is 2.82. The van der Waals surface area contributed by atoms with E-state index in [-0.39, 0.29) is 16.6 Å². The van der Waals surface area contributed by atoms with Gasteiger partial charge in [-0.25, -0.2) is 8.42 Å². The molecule has 29 heavy (non-hydrogen) atoms. The van der Waals surface area contributed by atoms with E-state index in [1.165, 1.54) is 0 Å². The summed E-state index contributed by atoms with van der Waals surface area (Å²) in [4.78, 5) is 12.6. The van der Waals surface area contributed by atoms with Crippen LogP contribution in [0.1, 0.15) is 22.3 Å².